The second-order valence-corrected chi connectivity index (χ2v) is 3.42. The Morgan fingerprint density at radius 1 is 1.58 bits per heavy atom. The van der Waals surface area contributed by atoms with Gasteiger partial charge in [0.15, 0.2) is 0 Å². The molecule has 0 radical (unpaired) electrons. The number of rotatable bonds is 2. The third kappa shape index (κ3) is 1.43. The number of hydrogen-bond acceptors (Lipinski definition) is 5. The lowest BCUT2D eigenvalue weighted by atomic mass is 10.6. The minimum atomic E-state index is -4.07. The van der Waals surface area contributed by atoms with E-state index >= 15 is 0 Å². The molecule has 1 rings (SSSR count). The maximum Gasteiger partial charge on any atom is 0.453 e. The summed E-state index contributed by atoms with van der Waals surface area (Å²) in [6, 6.07) is 0.924. The molecule has 12 heavy (non-hydrogen) atoms. The fourth-order valence-corrected chi connectivity index (χ4v) is 1.25. The summed E-state index contributed by atoms with van der Waals surface area (Å²) in [4.78, 5) is 8.54. The summed E-state index contributed by atoms with van der Waals surface area (Å²) < 4.78 is 25.6. The number of nitrogens with two attached hydrogens (primary N) is 1. The van der Waals surface area contributed by atoms with E-state index in [0.29, 0.717) is 0 Å². The number of sulfonamides is 1. The first kappa shape index (κ1) is 8.68. The molecule has 1 heterocycles. The van der Waals surface area contributed by atoms with Crippen molar-refractivity contribution in [2.75, 3.05) is 0 Å². The molecule has 0 aromatic carbocycles. The molecule has 0 atom stereocenters. The van der Waals surface area contributed by atoms with Crippen LogP contribution in [0, 0.1) is 10.1 Å². The summed E-state index contributed by atoms with van der Waals surface area (Å²) in [5, 5.41) is 14.8. The van der Waals surface area contributed by atoms with Gasteiger partial charge in [0.05, 0.1) is 6.26 Å². The van der Waals surface area contributed by atoms with Crippen molar-refractivity contribution in [2.45, 2.75) is 4.90 Å². The minimum absolute atomic E-state index is 0.618. The lowest BCUT2D eigenvalue weighted by molar-refractivity contribution is -0.405. The van der Waals surface area contributed by atoms with Gasteiger partial charge in [0.25, 0.3) is 0 Å². The van der Waals surface area contributed by atoms with E-state index < -0.39 is 25.7 Å². The second kappa shape index (κ2) is 2.57. The largest absolute Gasteiger partial charge is 0.453 e. The van der Waals surface area contributed by atoms with Gasteiger partial charge in [-0.25, -0.2) is 13.6 Å². The lowest BCUT2D eigenvalue weighted by Gasteiger charge is -1.89. The van der Waals surface area contributed by atoms with Crippen LogP contribution in [0.1, 0.15) is 0 Å². The fraction of sp³-hybridized carbons (Fsp3) is 0. The van der Waals surface area contributed by atoms with E-state index in [1.165, 1.54) is 0 Å². The smallest absolute Gasteiger partial charge is 0.408 e. The minimum Gasteiger partial charge on any atom is -0.408 e. The monoisotopic (exact) mass is 192 g/mol. The molecule has 0 spiro atoms. The predicted molar refractivity (Wildman–Crippen MR) is 36.7 cm³/mol. The maximum absolute atomic E-state index is 10.6. The van der Waals surface area contributed by atoms with E-state index in [2.05, 4.69) is 9.56 Å². The Balaban J connectivity index is 3.36. The fourth-order valence-electron chi connectivity index (χ4n) is 0.639. The van der Waals surface area contributed by atoms with E-state index in [4.69, 9.17) is 0 Å². The molecule has 0 amide bonds. The second-order valence-electron chi connectivity index (χ2n) is 1.89. The summed E-state index contributed by atoms with van der Waals surface area (Å²) in [6.45, 7) is 0. The van der Waals surface area contributed by atoms with Crippen molar-refractivity contribution >= 4 is 15.9 Å². The van der Waals surface area contributed by atoms with Gasteiger partial charge < -0.3 is 4.42 Å². The zero-order chi connectivity index (χ0) is 9.35. The highest BCUT2D eigenvalue weighted by molar-refractivity contribution is 7.89. The number of furan rings is 1. The van der Waals surface area contributed by atoms with Gasteiger partial charge in [-0.15, -0.1) is 0 Å². The third-order valence-corrected chi connectivity index (χ3v) is 2.01. The van der Waals surface area contributed by atoms with E-state index in [0.717, 1.165) is 12.3 Å². The zero-order valence-corrected chi connectivity index (χ0v) is 6.45. The topological polar surface area (TPSA) is 116 Å². The summed E-state index contributed by atoms with van der Waals surface area (Å²) in [7, 11) is -4.07. The van der Waals surface area contributed by atoms with Gasteiger partial charge in [0, 0.05) is 6.07 Å². The molecule has 0 saturated heterocycles. The first-order chi connectivity index (χ1) is 5.43. The standard InChI is InChI=1S/C4H4N2O5S/c5-12(9,10)3-1-2-11-4(3)6(7)8/h1-2H,(H2,5,9,10). The normalized spacial score (nSPS) is 11.4. The van der Waals surface area contributed by atoms with Crippen LogP contribution in [0.5, 0.6) is 0 Å². The van der Waals surface area contributed by atoms with Crippen molar-refractivity contribution in [3.8, 4) is 0 Å². The summed E-state index contributed by atoms with van der Waals surface area (Å²) >= 11 is 0. The maximum atomic E-state index is 10.6. The average molecular weight is 192 g/mol. The van der Waals surface area contributed by atoms with Crippen molar-refractivity contribution in [3.05, 3.63) is 22.4 Å². The highest BCUT2D eigenvalue weighted by atomic mass is 32.2. The highest BCUT2D eigenvalue weighted by Gasteiger charge is 2.26. The van der Waals surface area contributed by atoms with Gasteiger partial charge in [-0.1, -0.05) is 0 Å². The quantitative estimate of drug-likeness (QED) is 0.515. The van der Waals surface area contributed by atoms with E-state index in [9.17, 15) is 18.5 Å². The van der Waals surface area contributed by atoms with Crippen LogP contribution in [0.3, 0.4) is 0 Å². The van der Waals surface area contributed by atoms with Gasteiger partial charge in [-0.2, -0.15) is 0 Å². The summed E-state index contributed by atoms with van der Waals surface area (Å²) in [5.41, 5.74) is 0. The molecule has 0 aliphatic carbocycles. The molecule has 0 fully saturated rings. The molecule has 0 unspecified atom stereocenters. The van der Waals surface area contributed by atoms with Crippen LogP contribution in [-0.2, 0) is 10.0 Å². The van der Waals surface area contributed by atoms with Crippen LogP contribution in [-0.4, -0.2) is 13.3 Å². The van der Waals surface area contributed by atoms with Crippen molar-refractivity contribution in [3.63, 3.8) is 0 Å². The number of nitro groups is 1. The molecular weight excluding hydrogens is 188 g/mol. The van der Waals surface area contributed by atoms with Crippen LogP contribution < -0.4 is 5.14 Å². The summed E-state index contributed by atoms with van der Waals surface area (Å²) in [5.74, 6) is -0.863. The van der Waals surface area contributed by atoms with Gasteiger partial charge in [0.1, 0.15) is 4.92 Å². The average Bonchev–Trinajstić information content (AvgIpc) is 2.30. The molecule has 1 aromatic rings. The number of nitrogens with zero attached hydrogens (tertiary/aromatic N) is 1. The SMILES string of the molecule is NS(=O)(=O)c1ccoc1[N+](=O)[O-]. The number of primary sulfonamides is 1. The summed E-state index contributed by atoms with van der Waals surface area (Å²) in [6.07, 6.45) is 0.887. The van der Waals surface area contributed by atoms with Crippen LogP contribution in [0.2, 0.25) is 0 Å². The van der Waals surface area contributed by atoms with Crippen molar-refractivity contribution in [2.24, 2.45) is 5.14 Å². The molecule has 66 valence electrons. The highest BCUT2D eigenvalue weighted by Crippen LogP contribution is 2.22. The predicted octanol–water partition coefficient (Wildman–Crippen LogP) is -0.165. The van der Waals surface area contributed by atoms with Crippen LogP contribution in [0.15, 0.2) is 21.6 Å². The van der Waals surface area contributed by atoms with Crippen LogP contribution in [0.4, 0.5) is 5.88 Å². The molecule has 0 aliphatic heterocycles. The van der Waals surface area contributed by atoms with Crippen molar-refractivity contribution in [1.29, 1.82) is 0 Å². The van der Waals surface area contributed by atoms with Gasteiger partial charge in [-0.05, 0) is 0 Å². The van der Waals surface area contributed by atoms with E-state index in [1.807, 2.05) is 0 Å². The first-order valence-corrected chi connectivity index (χ1v) is 4.22. The Bertz CT molecular complexity index is 405. The Labute approximate surface area is 67.0 Å². The zero-order valence-electron chi connectivity index (χ0n) is 5.63. The van der Waals surface area contributed by atoms with Gasteiger partial charge >= 0.3 is 5.88 Å². The third-order valence-electron chi connectivity index (χ3n) is 1.08. The van der Waals surface area contributed by atoms with E-state index in [-0.39, 0.29) is 0 Å². The molecule has 0 bridgehead atoms. The Hall–Kier alpha value is -1.41. The van der Waals surface area contributed by atoms with Crippen molar-refractivity contribution < 1.29 is 17.8 Å². The Kier molecular flexibility index (Phi) is 1.86. The Morgan fingerprint density at radius 2 is 2.17 bits per heavy atom. The Morgan fingerprint density at radius 3 is 2.50 bits per heavy atom. The first-order valence-electron chi connectivity index (χ1n) is 2.67. The molecule has 7 nitrogen and oxygen atoms in total. The molecular formula is C4H4N2O5S. The molecule has 0 saturated carbocycles. The van der Waals surface area contributed by atoms with Crippen LogP contribution in [0.25, 0.3) is 0 Å². The van der Waals surface area contributed by atoms with Gasteiger partial charge in [0.2, 0.25) is 14.9 Å². The van der Waals surface area contributed by atoms with Gasteiger partial charge in [-0.3, -0.25) is 10.1 Å². The van der Waals surface area contributed by atoms with Crippen LogP contribution >= 0.6 is 0 Å². The molecule has 0 aliphatic rings. The molecule has 1 aromatic heterocycles. The van der Waals surface area contributed by atoms with E-state index in [1.54, 1.807) is 0 Å². The molecule has 8 heteroatoms. The number of hydrogen-bond donors (Lipinski definition) is 1. The van der Waals surface area contributed by atoms with Crippen molar-refractivity contribution in [1.82, 2.24) is 0 Å². The molecule has 2 N–H and O–H groups in total. The lowest BCUT2D eigenvalue weighted by Crippen LogP contribution is -2.12.